The van der Waals surface area contributed by atoms with Gasteiger partial charge >= 0.3 is 6.18 Å². The van der Waals surface area contributed by atoms with Crippen LogP contribution in [0, 0.1) is 12.8 Å². The molecule has 0 bridgehead atoms. The lowest BCUT2D eigenvalue weighted by Gasteiger charge is -2.16. The summed E-state index contributed by atoms with van der Waals surface area (Å²) in [6, 6.07) is 10.2. The van der Waals surface area contributed by atoms with Gasteiger partial charge in [-0.2, -0.15) is 18.3 Å². The highest BCUT2D eigenvalue weighted by Gasteiger charge is 2.47. The van der Waals surface area contributed by atoms with E-state index in [0.717, 1.165) is 22.6 Å². The highest BCUT2D eigenvalue weighted by Crippen LogP contribution is 2.49. The quantitative estimate of drug-likeness (QED) is 0.576. The SMILES string of the molecule is Cc1cc(C(F)(F)F)n2nc([C@@H]3CCN(C(=O)[C@@H]4C[C@H]4c4ccc(Cl)cc4)C3)cc2n1. The van der Waals surface area contributed by atoms with Gasteiger partial charge in [-0.25, -0.2) is 9.50 Å². The van der Waals surface area contributed by atoms with E-state index in [1.807, 2.05) is 29.2 Å². The molecule has 2 aromatic heterocycles. The molecule has 3 heterocycles. The summed E-state index contributed by atoms with van der Waals surface area (Å²) in [5.41, 5.74) is 1.29. The standard InChI is InChI=1S/C22H20ClF3N4O/c1-12-8-19(22(24,25)26)30-20(27-12)10-18(28-30)14-6-7-29(11-14)21(31)17-9-16(17)13-2-4-15(23)5-3-13/h2-5,8,10,14,16-17H,6-7,9,11H2,1H3/t14-,16+,17-/m1/s1. The number of rotatable bonds is 3. The number of fused-ring (bicyclic) bond motifs is 1. The fraction of sp³-hybridized carbons (Fsp3) is 0.409. The lowest BCUT2D eigenvalue weighted by Crippen LogP contribution is -2.30. The first-order valence-corrected chi connectivity index (χ1v) is 10.6. The molecule has 5 nitrogen and oxygen atoms in total. The third kappa shape index (κ3) is 3.78. The zero-order chi connectivity index (χ0) is 21.9. The number of amides is 1. The Labute approximate surface area is 181 Å². The minimum absolute atomic E-state index is 0.0397. The van der Waals surface area contributed by atoms with Gasteiger partial charge in [0.2, 0.25) is 5.91 Å². The van der Waals surface area contributed by atoms with Crippen molar-refractivity contribution in [3.63, 3.8) is 0 Å². The van der Waals surface area contributed by atoms with Crippen LogP contribution in [0.5, 0.6) is 0 Å². The van der Waals surface area contributed by atoms with Crippen molar-refractivity contribution in [3.05, 3.63) is 64.1 Å². The Bertz CT molecular complexity index is 1160. The van der Waals surface area contributed by atoms with Crippen LogP contribution in [0.3, 0.4) is 0 Å². The molecule has 1 aliphatic heterocycles. The van der Waals surface area contributed by atoms with Crippen molar-refractivity contribution in [1.29, 1.82) is 0 Å². The molecular weight excluding hydrogens is 429 g/mol. The minimum Gasteiger partial charge on any atom is -0.342 e. The Balaban J connectivity index is 1.31. The Morgan fingerprint density at radius 1 is 1.19 bits per heavy atom. The molecule has 3 aromatic rings. The Kier molecular flexibility index (Phi) is 4.73. The van der Waals surface area contributed by atoms with E-state index in [1.165, 1.54) is 6.92 Å². The van der Waals surface area contributed by atoms with Gasteiger partial charge in [0.25, 0.3) is 0 Å². The molecule has 1 amide bonds. The molecule has 0 unspecified atom stereocenters. The molecule has 1 saturated carbocycles. The summed E-state index contributed by atoms with van der Waals surface area (Å²) in [6.45, 7) is 2.58. The lowest BCUT2D eigenvalue weighted by atomic mass is 10.1. The van der Waals surface area contributed by atoms with Gasteiger partial charge in [0.1, 0.15) is 5.69 Å². The summed E-state index contributed by atoms with van der Waals surface area (Å²) in [5, 5.41) is 4.88. The number of nitrogens with zero attached hydrogens (tertiary/aromatic N) is 4. The largest absolute Gasteiger partial charge is 0.433 e. The van der Waals surface area contributed by atoms with Crippen LogP contribution in [0.15, 0.2) is 36.4 Å². The number of alkyl halides is 3. The van der Waals surface area contributed by atoms with E-state index < -0.39 is 11.9 Å². The third-order valence-electron chi connectivity index (χ3n) is 6.19. The second kappa shape index (κ2) is 7.22. The number of likely N-dealkylation sites (tertiary alicyclic amines) is 1. The predicted molar refractivity (Wildman–Crippen MR) is 109 cm³/mol. The maximum Gasteiger partial charge on any atom is 0.433 e. The number of benzene rings is 1. The first-order chi connectivity index (χ1) is 14.7. The second-order valence-electron chi connectivity index (χ2n) is 8.39. The zero-order valence-electron chi connectivity index (χ0n) is 16.7. The van der Waals surface area contributed by atoms with Crippen molar-refractivity contribution in [2.24, 2.45) is 5.92 Å². The molecule has 0 N–H and O–H groups in total. The van der Waals surface area contributed by atoms with E-state index >= 15 is 0 Å². The molecule has 162 valence electrons. The molecular formula is C22H20ClF3N4O. The van der Waals surface area contributed by atoms with E-state index in [4.69, 9.17) is 11.6 Å². The van der Waals surface area contributed by atoms with Crippen LogP contribution in [0.1, 0.15) is 47.3 Å². The van der Waals surface area contributed by atoms with E-state index in [1.54, 1.807) is 6.07 Å². The predicted octanol–water partition coefficient (Wildman–Crippen LogP) is 4.83. The summed E-state index contributed by atoms with van der Waals surface area (Å²) in [4.78, 5) is 19.0. The van der Waals surface area contributed by atoms with Crippen molar-refractivity contribution in [2.45, 2.75) is 37.8 Å². The first-order valence-electron chi connectivity index (χ1n) is 10.2. The van der Waals surface area contributed by atoms with Gasteiger partial charge in [-0.1, -0.05) is 23.7 Å². The molecule has 2 aliphatic rings. The normalized spacial score (nSPS) is 23.5. The van der Waals surface area contributed by atoms with Gasteiger partial charge in [-0.15, -0.1) is 0 Å². The Hall–Kier alpha value is -2.61. The van der Waals surface area contributed by atoms with E-state index in [0.29, 0.717) is 30.2 Å². The smallest absolute Gasteiger partial charge is 0.342 e. The fourth-order valence-corrected chi connectivity index (χ4v) is 4.63. The van der Waals surface area contributed by atoms with Gasteiger partial charge in [0.15, 0.2) is 5.65 Å². The fourth-order valence-electron chi connectivity index (χ4n) is 4.50. The molecule has 0 radical (unpaired) electrons. The average Bonchev–Trinajstić information content (AvgIpc) is 3.15. The molecule has 3 atom stereocenters. The van der Waals surface area contributed by atoms with Gasteiger partial charge in [0.05, 0.1) is 5.69 Å². The summed E-state index contributed by atoms with van der Waals surface area (Å²) in [5.74, 6) is 0.179. The number of carbonyl (C=O) groups excluding carboxylic acids is 1. The molecule has 5 rings (SSSR count). The molecule has 31 heavy (non-hydrogen) atoms. The van der Waals surface area contributed by atoms with Gasteiger partial charge in [0, 0.05) is 41.7 Å². The van der Waals surface area contributed by atoms with Gasteiger partial charge in [-0.3, -0.25) is 4.79 Å². The van der Waals surface area contributed by atoms with Crippen LogP contribution < -0.4 is 0 Å². The van der Waals surface area contributed by atoms with Gasteiger partial charge in [-0.05, 0) is 49.4 Å². The number of hydrogen-bond donors (Lipinski definition) is 0. The summed E-state index contributed by atoms with van der Waals surface area (Å²) in [7, 11) is 0. The highest BCUT2D eigenvalue weighted by atomic mass is 35.5. The van der Waals surface area contributed by atoms with Crippen molar-refractivity contribution in [2.75, 3.05) is 13.1 Å². The molecule has 1 aromatic carbocycles. The maximum absolute atomic E-state index is 13.4. The maximum atomic E-state index is 13.4. The van der Waals surface area contributed by atoms with E-state index in [9.17, 15) is 18.0 Å². The first kappa shape index (κ1) is 20.3. The van der Waals surface area contributed by atoms with E-state index in [-0.39, 0.29) is 35.0 Å². The monoisotopic (exact) mass is 448 g/mol. The average molecular weight is 449 g/mol. The van der Waals surface area contributed by atoms with Crippen molar-refractivity contribution >= 4 is 23.2 Å². The molecule has 1 saturated heterocycles. The second-order valence-corrected chi connectivity index (χ2v) is 8.83. The van der Waals surface area contributed by atoms with Crippen LogP contribution in [0.25, 0.3) is 5.65 Å². The van der Waals surface area contributed by atoms with Crippen LogP contribution in [0.4, 0.5) is 13.2 Å². The molecule has 0 spiro atoms. The van der Waals surface area contributed by atoms with Crippen molar-refractivity contribution in [3.8, 4) is 0 Å². The number of aryl methyl sites for hydroxylation is 1. The summed E-state index contributed by atoms with van der Waals surface area (Å²) in [6.07, 6.45) is -3.03. The zero-order valence-corrected chi connectivity index (χ0v) is 17.5. The van der Waals surface area contributed by atoms with Crippen molar-refractivity contribution < 1.29 is 18.0 Å². The van der Waals surface area contributed by atoms with E-state index in [2.05, 4.69) is 10.1 Å². The number of hydrogen-bond acceptors (Lipinski definition) is 3. The van der Waals surface area contributed by atoms with Crippen LogP contribution in [-0.4, -0.2) is 38.5 Å². The molecule has 9 heteroatoms. The Morgan fingerprint density at radius 3 is 2.65 bits per heavy atom. The topological polar surface area (TPSA) is 50.5 Å². The number of aromatic nitrogens is 3. The lowest BCUT2D eigenvalue weighted by molar-refractivity contribution is -0.142. The summed E-state index contributed by atoms with van der Waals surface area (Å²) < 4.78 is 41.1. The highest BCUT2D eigenvalue weighted by molar-refractivity contribution is 6.30. The third-order valence-corrected chi connectivity index (χ3v) is 6.44. The van der Waals surface area contributed by atoms with Crippen LogP contribution >= 0.6 is 11.6 Å². The van der Waals surface area contributed by atoms with Crippen LogP contribution in [0.2, 0.25) is 5.02 Å². The molecule has 2 fully saturated rings. The number of carbonyl (C=O) groups is 1. The number of halogens is 4. The van der Waals surface area contributed by atoms with Crippen molar-refractivity contribution in [1.82, 2.24) is 19.5 Å². The Morgan fingerprint density at radius 2 is 1.94 bits per heavy atom. The van der Waals surface area contributed by atoms with Gasteiger partial charge < -0.3 is 4.90 Å². The van der Waals surface area contributed by atoms with Crippen LogP contribution in [-0.2, 0) is 11.0 Å². The minimum atomic E-state index is -4.52. The molecule has 1 aliphatic carbocycles. The summed E-state index contributed by atoms with van der Waals surface area (Å²) >= 11 is 5.94.